The van der Waals surface area contributed by atoms with Gasteiger partial charge in [0, 0.05) is 18.5 Å². The predicted octanol–water partition coefficient (Wildman–Crippen LogP) is 2.43. The number of nitrogens with one attached hydrogen (secondary N) is 1. The SMILES string of the molecule is CNC(CCc1ncnn1C(C)C)CC(C)C. The fourth-order valence-corrected chi connectivity index (χ4v) is 2.14. The van der Waals surface area contributed by atoms with Crippen molar-refractivity contribution in [1.29, 1.82) is 0 Å². The second-order valence-corrected chi connectivity index (χ2v) is 5.37. The van der Waals surface area contributed by atoms with Crippen molar-refractivity contribution < 1.29 is 0 Å². The number of nitrogens with zero attached hydrogens (tertiary/aromatic N) is 3. The average Bonchev–Trinajstić information content (AvgIpc) is 2.71. The van der Waals surface area contributed by atoms with E-state index in [0.717, 1.165) is 24.6 Å². The summed E-state index contributed by atoms with van der Waals surface area (Å²) in [6, 6.07) is 0.970. The van der Waals surface area contributed by atoms with Crippen LogP contribution in [-0.4, -0.2) is 27.9 Å². The van der Waals surface area contributed by atoms with Crippen LogP contribution in [0, 0.1) is 5.92 Å². The molecule has 98 valence electrons. The molecule has 1 aromatic heterocycles. The molecule has 0 fully saturated rings. The average molecular weight is 238 g/mol. The summed E-state index contributed by atoms with van der Waals surface area (Å²) in [6.45, 7) is 8.81. The molecule has 0 saturated carbocycles. The van der Waals surface area contributed by atoms with Gasteiger partial charge in [0.25, 0.3) is 0 Å². The molecule has 17 heavy (non-hydrogen) atoms. The van der Waals surface area contributed by atoms with Gasteiger partial charge in [0.05, 0.1) is 0 Å². The second kappa shape index (κ2) is 6.74. The smallest absolute Gasteiger partial charge is 0.138 e. The van der Waals surface area contributed by atoms with Gasteiger partial charge in [0.1, 0.15) is 12.2 Å². The van der Waals surface area contributed by atoms with E-state index in [1.807, 2.05) is 11.7 Å². The zero-order chi connectivity index (χ0) is 12.8. The summed E-state index contributed by atoms with van der Waals surface area (Å²) in [5.41, 5.74) is 0. The van der Waals surface area contributed by atoms with Gasteiger partial charge in [0.2, 0.25) is 0 Å². The summed E-state index contributed by atoms with van der Waals surface area (Å²) in [4.78, 5) is 4.35. The molecule has 1 rings (SSSR count). The lowest BCUT2D eigenvalue weighted by atomic mass is 10.00. The minimum Gasteiger partial charge on any atom is -0.317 e. The van der Waals surface area contributed by atoms with Crippen molar-refractivity contribution in [2.45, 2.75) is 59.0 Å². The van der Waals surface area contributed by atoms with Crippen LogP contribution in [0.5, 0.6) is 0 Å². The van der Waals surface area contributed by atoms with Crippen LogP contribution in [0.2, 0.25) is 0 Å². The third kappa shape index (κ3) is 4.46. The highest BCUT2D eigenvalue weighted by Crippen LogP contribution is 2.12. The summed E-state index contributed by atoms with van der Waals surface area (Å²) in [6.07, 6.45) is 5.00. The van der Waals surface area contributed by atoms with Crippen molar-refractivity contribution in [3.63, 3.8) is 0 Å². The maximum absolute atomic E-state index is 4.35. The van der Waals surface area contributed by atoms with E-state index in [-0.39, 0.29) is 0 Å². The van der Waals surface area contributed by atoms with E-state index < -0.39 is 0 Å². The van der Waals surface area contributed by atoms with Gasteiger partial charge >= 0.3 is 0 Å². The Morgan fingerprint density at radius 1 is 1.29 bits per heavy atom. The first-order chi connectivity index (χ1) is 8.04. The Labute approximate surface area is 105 Å². The van der Waals surface area contributed by atoms with Crippen LogP contribution in [0.4, 0.5) is 0 Å². The van der Waals surface area contributed by atoms with E-state index >= 15 is 0 Å². The summed E-state index contributed by atoms with van der Waals surface area (Å²) in [7, 11) is 2.04. The van der Waals surface area contributed by atoms with Crippen LogP contribution in [0.15, 0.2) is 6.33 Å². The number of aryl methyl sites for hydroxylation is 1. The van der Waals surface area contributed by atoms with Crippen LogP contribution in [0.25, 0.3) is 0 Å². The molecule has 1 aromatic rings. The van der Waals surface area contributed by atoms with E-state index in [2.05, 4.69) is 43.1 Å². The molecule has 0 aliphatic heterocycles. The van der Waals surface area contributed by atoms with Gasteiger partial charge in [-0.25, -0.2) is 9.67 Å². The van der Waals surface area contributed by atoms with E-state index in [1.165, 1.54) is 6.42 Å². The number of aromatic nitrogens is 3. The van der Waals surface area contributed by atoms with Crippen LogP contribution in [0.1, 0.15) is 52.4 Å². The lowest BCUT2D eigenvalue weighted by molar-refractivity contribution is 0.410. The predicted molar refractivity (Wildman–Crippen MR) is 71.0 cm³/mol. The molecule has 0 bridgehead atoms. The lowest BCUT2D eigenvalue weighted by Crippen LogP contribution is -2.27. The van der Waals surface area contributed by atoms with Crippen LogP contribution < -0.4 is 5.32 Å². The minimum atomic E-state index is 0.394. The molecule has 1 N–H and O–H groups in total. The third-order valence-corrected chi connectivity index (χ3v) is 3.02. The van der Waals surface area contributed by atoms with Gasteiger partial charge in [-0.1, -0.05) is 13.8 Å². The minimum absolute atomic E-state index is 0.394. The Morgan fingerprint density at radius 3 is 2.53 bits per heavy atom. The van der Waals surface area contributed by atoms with Gasteiger partial charge in [-0.2, -0.15) is 5.10 Å². The first-order valence-electron chi connectivity index (χ1n) is 6.60. The standard InChI is InChI=1S/C13H26N4/c1-10(2)8-12(14-5)6-7-13-15-9-16-17(13)11(3)4/h9-12,14H,6-8H2,1-5H3. The molecular weight excluding hydrogens is 212 g/mol. The molecule has 1 atom stereocenters. The van der Waals surface area contributed by atoms with Crippen molar-refractivity contribution in [3.05, 3.63) is 12.2 Å². The number of rotatable bonds is 7. The van der Waals surface area contributed by atoms with Crippen LogP contribution in [-0.2, 0) is 6.42 Å². The van der Waals surface area contributed by atoms with Gasteiger partial charge < -0.3 is 5.32 Å². The highest BCUT2D eigenvalue weighted by Gasteiger charge is 2.12. The maximum atomic E-state index is 4.35. The van der Waals surface area contributed by atoms with Crippen molar-refractivity contribution in [3.8, 4) is 0 Å². The van der Waals surface area contributed by atoms with Crippen molar-refractivity contribution in [1.82, 2.24) is 20.1 Å². The third-order valence-electron chi connectivity index (χ3n) is 3.02. The molecule has 0 aliphatic rings. The molecule has 0 aromatic carbocycles. The molecule has 4 nitrogen and oxygen atoms in total. The molecule has 0 amide bonds. The molecule has 0 saturated heterocycles. The quantitative estimate of drug-likeness (QED) is 0.793. The number of hydrogen-bond acceptors (Lipinski definition) is 3. The topological polar surface area (TPSA) is 42.7 Å². The molecular formula is C13H26N4. The second-order valence-electron chi connectivity index (χ2n) is 5.37. The van der Waals surface area contributed by atoms with E-state index in [0.29, 0.717) is 12.1 Å². The van der Waals surface area contributed by atoms with Gasteiger partial charge in [0.15, 0.2) is 0 Å². The van der Waals surface area contributed by atoms with Crippen molar-refractivity contribution >= 4 is 0 Å². The Kier molecular flexibility index (Phi) is 5.62. The van der Waals surface area contributed by atoms with E-state index in [4.69, 9.17) is 0 Å². The fourth-order valence-electron chi connectivity index (χ4n) is 2.14. The van der Waals surface area contributed by atoms with E-state index in [9.17, 15) is 0 Å². The monoisotopic (exact) mass is 238 g/mol. The van der Waals surface area contributed by atoms with Gasteiger partial charge in [-0.05, 0) is 39.7 Å². The Bertz CT molecular complexity index is 317. The number of hydrogen-bond donors (Lipinski definition) is 1. The molecule has 4 heteroatoms. The molecule has 1 unspecified atom stereocenters. The highest BCUT2D eigenvalue weighted by molar-refractivity contribution is 4.88. The lowest BCUT2D eigenvalue weighted by Gasteiger charge is -2.18. The first kappa shape index (κ1) is 14.2. The zero-order valence-corrected chi connectivity index (χ0v) is 11.8. The maximum Gasteiger partial charge on any atom is 0.138 e. The fraction of sp³-hybridized carbons (Fsp3) is 0.846. The first-order valence-corrected chi connectivity index (χ1v) is 6.60. The highest BCUT2D eigenvalue weighted by atomic mass is 15.3. The van der Waals surface area contributed by atoms with Crippen LogP contribution >= 0.6 is 0 Å². The largest absolute Gasteiger partial charge is 0.317 e. The summed E-state index contributed by atoms with van der Waals surface area (Å²) < 4.78 is 2.02. The summed E-state index contributed by atoms with van der Waals surface area (Å²) >= 11 is 0. The molecule has 0 radical (unpaired) electrons. The summed E-state index contributed by atoms with van der Waals surface area (Å²) in [5.74, 6) is 1.83. The summed E-state index contributed by atoms with van der Waals surface area (Å²) in [5, 5.41) is 7.65. The van der Waals surface area contributed by atoms with Gasteiger partial charge in [-0.15, -0.1) is 0 Å². The van der Waals surface area contributed by atoms with Gasteiger partial charge in [-0.3, -0.25) is 0 Å². The van der Waals surface area contributed by atoms with Crippen LogP contribution in [0.3, 0.4) is 0 Å². The zero-order valence-electron chi connectivity index (χ0n) is 11.8. The normalized spacial score (nSPS) is 13.6. The Hall–Kier alpha value is -0.900. The Morgan fingerprint density at radius 2 is 2.00 bits per heavy atom. The van der Waals surface area contributed by atoms with Crippen molar-refractivity contribution in [2.75, 3.05) is 7.05 Å². The van der Waals surface area contributed by atoms with E-state index in [1.54, 1.807) is 6.33 Å². The van der Waals surface area contributed by atoms with Crippen molar-refractivity contribution in [2.24, 2.45) is 5.92 Å². The Balaban J connectivity index is 2.50. The molecule has 1 heterocycles. The molecule has 0 aliphatic carbocycles. The molecule has 0 spiro atoms.